The summed E-state index contributed by atoms with van der Waals surface area (Å²) in [6, 6.07) is 8.84. The average Bonchev–Trinajstić information content (AvgIpc) is 2.82. The normalized spacial score (nSPS) is 10.9. The molecule has 0 atom stereocenters. The topological polar surface area (TPSA) is 55.1 Å². The number of nitrogens with zero attached hydrogens (tertiary/aromatic N) is 2. The number of carboxylic acids is 1. The molecule has 0 saturated heterocycles. The fourth-order valence-electron chi connectivity index (χ4n) is 2.08. The fourth-order valence-corrected chi connectivity index (χ4v) is 2.34. The molecule has 0 fully saturated rings. The number of aromatic carboxylic acids is 1. The molecule has 100 valence electrons. The molecule has 2 aromatic carbocycles. The second-order valence-electron chi connectivity index (χ2n) is 4.19. The van der Waals surface area contributed by atoms with Crippen LogP contribution in [0.25, 0.3) is 16.7 Å². The van der Waals surface area contributed by atoms with Gasteiger partial charge in [0, 0.05) is 0 Å². The number of fused-ring (bicyclic) bond motifs is 1. The van der Waals surface area contributed by atoms with Crippen LogP contribution >= 0.6 is 11.6 Å². The molecule has 0 aliphatic carbocycles. The maximum atomic E-state index is 13.1. The number of hydrogen-bond donors (Lipinski definition) is 1. The molecule has 0 bridgehead atoms. The van der Waals surface area contributed by atoms with Crippen LogP contribution in [0.15, 0.2) is 42.7 Å². The summed E-state index contributed by atoms with van der Waals surface area (Å²) in [5.74, 6) is -1.49. The van der Waals surface area contributed by atoms with Crippen LogP contribution in [0, 0.1) is 5.82 Å². The molecule has 0 aliphatic rings. The zero-order valence-electron chi connectivity index (χ0n) is 10.0. The van der Waals surface area contributed by atoms with Crippen LogP contribution in [0.1, 0.15) is 10.4 Å². The first kappa shape index (κ1) is 12.6. The van der Waals surface area contributed by atoms with Crippen molar-refractivity contribution in [3.05, 3.63) is 59.1 Å². The Balaban J connectivity index is 2.28. The first-order valence-corrected chi connectivity index (χ1v) is 6.10. The van der Waals surface area contributed by atoms with E-state index in [0.717, 1.165) is 0 Å². The lowest BCUT2D eigenvalue weighted by Gasteiger charge is -2.07. The van der Waals surface area contributed by atoms with Crippen molar-refractivity contribution in [2.45, 2.75) is 0 Å². The molecule has 1 N–H and O–H groups in total. The van der Waals surface area contributed by atoms with E-state index in [1.54, 1.807) is 16.7 Å². The van der Waals surface area contributed by atoms with E-state index in [2.05, 4.69) is 4.98 Å². The van der Waals surface area contributed by atoms with E-state index in [1.165, 1.54) is 30.6 Å². The van der Waals surface area contributed by atoms with Gasteiger partial charge in [-0.15, -0.1) is 0 Å². The van der Waals surface area contributed by atoms with Gasteiger partial charge in [-0.3, -0.25) is 4.57 Å². The quantitative estimate of drug-likeness (QED) is 0.785. The molecule has 1 heterocycles. The van der Waals surface area contributed by atoms with E-state index in [4.69, 9.17) is 16.7 Å². The van der Waals surface area contributed by atoms with Crippen LogP contribution in [0.2, 0.25) is 5.02 Å². The van der Waals surface area contributed by atoms with Gasteiger partial charge in [0.15, 0.2) is 0 Å². The summed E-state index contributed by atoms with van der Waals surface area (Å²) in [5, 5.41) is 9.36. The van der Waals surface area contributed by atoms with Crippen molar-refractivity contribution in [3.8, 4) is 5.69 Å². The van der Waals surface area contributed by atoms with Gasteiger partial charge in [-0.25, -0.2) is 14.2 Å². The zero-order chi connectivity index (χ0) is 14.3. The standard InChI is InChI=1S/C14H8ClFN2O2/c15-10-6-8(16)4-5-11(10)18-7-17-13-9(14(19)20)2-1-3-12(13)18/h1-7H,(H,19,20). The molecule has 20 heavy (non-hydrogen) atoms. The molecule has 3 rings (SSSR count). The Morgan fingerprint density at radius 3 is 2.80 bits per heavy atom. The van der Waals surface area contributed by atoms with E-state index in [0.29, 0.717) is 16.7 Å². The van der Waals surface area contributed by atoms with E-state index in [1.807, 2.05) is 0 Å². The second-order valence-corrected chi connectivity index (χ2v) is 4.60. The van der Waals surface area contributed by atoms with Crippen LogP contribution < -0.4 is 0 Å². The van der Waals surface area contributed by atoms with Gasteiger partial charge in [-0.1, -0.05) is 17.7 Å². The number of benzene rings is 2. The van der Waals surface area contributed by atoms with Gasteiger partial charge in [0.05, 0.1) is 21.8 Å². The third-order valence-corrected chi connectivity index (χ3v) is 3.28. The van der Waals surface area contributed by atoms with E-state index >= 15 is 0 Å². The van der Waals surface area contributed by atoms with Gasteiger partial charge in [-0.05, 0) is 30.3 Å². The number of imidazole rings is 1. The second kappa shape index (κ2) is 4.61. The first-order valence-electron chi connectivity index (χ1n) is 5.72. The molecule has 3 aromatic rings. The van der Waals surface area contributed by atoms with Gasteiger partial charge in [0.1, 0.15) is 17.7 Å². The number of rotatable bonds is 2. The van der Waals surface area contributed by atoms with Crippen molar-refractivity contribution in [2.75, 3.05) is 0 Å². The largest absolute Gasteiger partial charge is 0.478 e. The van der Waals surface area contributed by atoms with E-state index < -0.39 is 11.8 Å². The minimum Gasteiger partial charge on any atom is -0.478 e. The highest BCUT2D eigenvalue weighted by Gasteiger charge is 2.14. The molecule has 6 heteroatoms. The molecule has 1 aromatic heterocycles. The van der Waals surface area contributed by atoms with Crippen LogP contribution in [-0.4, -0.2) is 20.6 Å². The number of halogens is 2. The summed E-state index contributed by atoms with van der Waals surface area (Å²) in [4.78, 5) is 15.3. The Morgan fingerprint density at radius 1 is 1.30 bits per heavy atom. The van der Waals surface area contributed by atoms with E-state index in [-0.39, 0.29) is 10.6 Å². The van der Waals surface area contributed by atoms with Crippen LogP contribution in [0.5, 0.6) is 0 Å². The highest BCUT2D eigenvalue weighted by molar-refractivity contribution is 6.32. The number of aromatic nitrogens is 2. The summed E-state index contributed by atoms with van der Waals surface area (Å²) in [6.45, 7) is 0. The lowest BCUT2D eigenvalue weighted by atomic mass is 10.2. The molecule has 0 amide bonds. The van der Waals surface area contributed by atoms with Crippen LogP contribution in [0.3, 0.4) is 0 Å². The average molecular weight is 291 g/mol. The molecule has 0 radical (unpaired) electrons. The third-order valence-electron chi connectivity index (χ3n) is 2.98. The molecule has 4 nitrogen and oxygen atoms in total. The number of carboxylic acid groups (broad SMARTS) is 1. The van der Waals surface area contributed by atoms with Crippen molar-refractivity contribution in [2.24, 2.45) is 0 Å². The van der Waals surface area contributed by atoms with Gasteiger partial charge in [0.25, 0.3) is 0 Å². The summed E-state index contributed by atoms with van der Waals surface area (Å²) in [7, 11) is 0. The third kappa shape index (κ3) is 1.92. The summed E-state index contributed by atoms with van der Waals surface area (Å²) in [5.41, 5.74) is 1.61. The monoisotopic (exact) mass is 290 g/mol. The number of carbonyl (C=O) groups is 1. The molecule has 0 unspecified atom stereocenters. The molecule has 0 saturated carbocycles. The maximum Gasteiger partial charge on any atom is 0.337 e. The summed E-state index contributed by atoms with van der Waals surface area (Å²) < 4.78 is 14.7. The van der Waals surface area contributed by atoms with Gasteiger partial charge in [-0.2, -0.15) is 0 Å². The Morgan fingerprint density at radius 2 is 2.10 bits per heavy atom. The lowest BCUT2D eigenvalue weighted by molar-refractivity contribution is 0.0699. The van der Waals surface area contributed by atoms with E-state index in [9.17, 15) is 9.18 Å². The highest BCUT2D eigenvalue weighted by Crippen LogP contribution is 2.26. The predicted molar refractivity (Wildman–Crippen MR) is 73.0 cm³/mol. The smallest absolute Gasteiger partial charge is 0.337 e. The highest BCUT2D eigenvalue weighted by atomic mass is 35.5. The fraction of sp³-hybridized carbons (Fsp3) is 0. The molecular formula is C14H8ClFN2O2. The minimum absolute atomic E-state index is 0.111. The Labute approximate surface area is 118 Å². The van der Waals surface area contributed by atoms with Gasteiger partial charge in [0.2, 0.25) is 0 Å². The summed E-state index contributed by atoms with van der Waals surface area (Å²) in [6.07, 6.45) is 1.47. The SMILES string of the molecule is O=C(O)c1cccc2c1ncn2-c1ccc(F)cc1Cl. The molecule has 0 aliphatic heterocycles. The Bertz CT molecular complexity index is 829. The maximum absolute atomic E-state index is 13.1. The summed E-state index contributed by atoms with van der Waals surface area (Å²) >= 11 is 6.02. The minimum atomic E-state index is -1.05. The van der Waals surface area contributed by atoms with Crippen LogP contribution in [0.4, 0.5) is 4.39 Å². The van der Waals surface area contributed by atoms with Crippen molar-refractivity contribution >= 4 is 28.6 Å². The van der Waals surface area contributed by atoms with Crippen molar-refractivity contribution in [1.82, 2.24) is 9.55 Å². The number of para-hydroxylation sites is 1. The van der Waals surface area contributed by atoms with Crippen LogP contribution in [-0.2, 0) is 0 Å². The number of hydrogen-bond acceptors (Lipinski definition) is 2. The Kier molecular flexibility index (Phi) is 2.91. The lowest BCUT2D eigenvalue weighted by Crippen LogP contribution is -1.98. The molecule has 0 spiro atoms. The van der Waals surface area contributed by atoms with Crippen molar-refractivity contribution in [1.29, 1.82) is 0 Å². The Hall–Kier alpha value is -2.40. The van der Waals surface area contributed by atoms with Gasteiger partial charge >= 0.3 is 5.97 Å². The first-order chi connectivity index (χ1) is 9.58. The van der Waals surface area contributed by atoms with Gasteiger partial charge < -0.3 is 5.11 Å². The van der Waals surface area contributed by atoms with Crippen molar-refractivity contribution < 1.29 is 14.3 Å². The molecular weight excluding hydrogens is 283 g/mol. The predicted octanol–water partition coefficient (Wildman–Crippen LogP) is 3.52. The zero-order valence-corrected chi connectivity index (χ0v) is 10.8. The van der Waals surface area contributed by atoms with Crippen molar-refractivity contribution in [3.63, 3.8) is 0 Å².